The highest BCUT2D eigenvalue weighted by Crippen LogP contribution is 2.33. The Balaban J connectivity index is 2.17. The van der Waals surface area contributed by atoms with Crippen molar-refractivity contribution < 1.29 is 9.53 Å². The molecule has 1 atom stereocenters. The SMILES string of the molecule is COC(=O)C(C)(C)NC1CCc2cc(N)ccc21. The van der Waals surface area contributed by atoms with Gasteiger partial charge in [-0.05, 0) is 49.9 Å². The smallest absolute Gasteiger partial charge is 0.325 e. The van der Waals surface area contributed by atoms with Crippen LogP contribution in [0.3, 0.4) is 0 Å². The second-order valence-corrected chi connectivity index (χ2v) is 5.31. The lowest BCUT2D eigenvalue weighted by molar-refractivity contribution is -0.147. The van der Waals surface area contributed by atoms with Crippen molar-refractivity contribution in [3.05, 3.63) is 29.3 Å². The Kier molecular flexibility index (Phi) is 3.30. The van der Waals surface area contributed by atoms with Crippen molar-refractivity contribution in [3.63, 3.8) is 0 Å². The molecule has 98 valence electrons. The third kappa shape index (κ3) is 2.34. The third-order valence-corrected chi connectivity index (χ3v) is 3.48. The maximum absolute atomic E-state index is 11.7. The molecule has 3 N–H and O–H groups in total. The predicted octanol–water partition coefficient (Wildman–Crippen LogP) is 1.80. The van der Waals surface area contributed by atoms with E-state index >= 15 is 0 Å². The molecule has 1 aliphatic carbocycles. The van der Waals surface area contributed by atoms with Crippen LogP contribution < -0.4 is 11.1 Å². The Morgan fingerprint density at radius 1 is 1.50 bits per heavy atom. The molecule has 2 rings (SSSR count). The maximum atomic E-state index is 11.7. The number of rotatable bonds is 3. The van der Waals surface area contributed by atoms with E-state index in [4.69, 9.17) is 10.5 Å². The number of methoxy groups -OCH3 is 1. The molecule has 0 spiro atoms. The van der Waals surface area contributed by atoms with Crippen molar-refractivity contribution in [2.24, 2.45) is 0 Å². The van der Waals surface area contributed by atoms with Crippen LogP contribution in [0, 0.1) is 0 Å². The Labute approximate surface area is 108 Å². The van der Waals surface area contributed by atoms with E-state index in [0.717, 1.165) is 18.5 Å². The first-order chi connectivity index (χ1) is 8.44. The molecule has 1 aliphatic rings. The third-order valence-electron chi connectivity index (χ3n) is 3.48. The number of hydrogen-bond donors (Lipinski definition) is 2. The van der Waals surface area contributed by atoms with Gasteiger partial charge in [0.05, 0.1) is 7.11 Å². The lowest BCUT2D eigenvalue weighted by atomic mass is 10.0. The van der Waals surface area contributed by atoms with Gasteiger partial charge in [0.15, 0.2) is 0 Å². The Morgan fingerprint density at radius 3 is 2.89 bits per heavy atom. The molecule has 18 heavy (non-hydrogen) atoms. The van der Waals surface area contributed by atoms with E-state index in [2.05, 4.69) is 5.32 Å². The topological polar surface area (TPSA) is 64.3 Å². The average molecular weight is 248 g/mol. The van der Waals surface area contributed by atoms with Crippen LogP contribution in [0.1, 0.15) is 37.4 Å². The molecule has 0 heterocycles. The van der Waals surface area contributed by atoms with E-state index in [1.165, 1.54) is 18.2 Å². The standard InChI is InChI=1S/C14H20N2O2/c1-14(2,13(17)18-3)16-12-7-4-9-8-10(15)5-6-11(9)12/h5-6,8,12,16H,4,7,15H2,1-3H3. The minimum atomic E-state index is -0.678. The Bertz CT molecular complexity index is 469. The zero-order valence-electron chi connectivity index (χ0n) is 11.1. The number of carbonyl (C=O) groups excluding carboxylic acids is 1. The highest BCUT2D eigenvalue weighted by molar-refractivity contribution is 5.79. The molecular weight excluding hydrogens is 228 g/mol. The lowest BCUT2D eigenvalue weighted by Gasteiger charge is -2.27. The largest absolute Gasteiger partial charge is 0.468 e. The van der Waals surface area contributed by atoms with Gasteiger partial charge in [0, 0.05) is 11.7 Å². The molecule has 1 unspecified atom stereocenters. The zero-order valence-corrected chi connectivity index (χ0v) is 11.1. The average Bonchev–Trinajstić information content (AvgIpc) is 2.69. The number of esters is 1. The number of aryl methyl sites for hydroxylation is 1. The number of anilines is 1. The van der Waals surface area contributed by atoms with E-state index in [1.54, 1.807) is 0 Å². The van der Waals surface area contributed by atoms with Gasteiger partial charge < -0.3 is 10.5 Å². The first-order valence-corrected chi connectivity index (χ1v) is 6.18. The molecule has 1 aromatic carbocycles. The number of fused-ring (bicyclic) bond motifs is 1. The summed E-state index contributed by atoms with van der Waals surface area (Å²) in [7, 11) is 1.41. The fraction of sp³-hybridized carbons (Fsp3) is 0.500. The monoisotopic (exact) mass is 248 g/mol. The minimum Gasteiger partial charge on any atom is -0.468 e. The van der Waals surface area contributed by atoms with Crippen molar-refractivity contribution in [1.82, 2.24) is 5.32 Å². The number of nitrogens with one attached hydrogen (secondary N) is 1. The highest BCUT2D eigenvalue weighted by atomic mass is 16.5. The van der Waals surface area contributed by atoms with Gasteiger partial charge in [0.1, 0.15) is 5.54 Å². The fourth-order valence-electron chi connectivity index (χ4n) is 2.54. The maximum Gasteiger partial charge on any atom is 0.325 e. The van der Waals surface area contributed by atoms with Gasteiger partial charge in [-0.2, -0.15) is 0 Å². The Morgan fingerprint density at radius 2 is 2.22 bits per heavy atom. The lowest BCUT2D eigenvalue weighted by Crippen LogP contribution is -2.48. The van der Waals surface area contributed by atoms with E-state index in [0.29, 0.717) is 0 Å². The number of carbonyl (C=O) groups is 1. The molecular formula is C14H20N2O2. The summed E-state index contributed by atoms with van der Waals surface area (Å²) in [4.78, 5) is 11.7. The van der Waals surface area contributed by atoms with E-state index in [1.807, 2.05) is 32.0 Å². The van der Waals surface area contributed by atoms with Gasteiger partial charge in [-0.25, -0.2) is 0 Å². The Hall–Kier alpha value is -1.55. The van der Waals surface area contributed by atoms with Gasteiger partial charge in [-0.3, -0.25) is 10.1 Å². The van der Waals surface area contributed by atoms with Crippen LogP contribution in [0.2, 0.25) is 0 Å². The summed E-state index contributed by atoms with van der Waals surface area (Å²) in [6.07, 6.45) is 1.98. The molecule has 0 aromatic heterocycles. The molecule has 0 amide bonds. The quantitative estimate of drug-likeness (QED) is 0.632. The minimum absolute atomic E-state index is 0.190. The summed E-state index contributed by atoms with van der Waals surface area (Å²) >= 11 is 0. The highest BCUT2D eigenvalue weighted by Gasteiger charge is 2.34. The van der Waals surface area contributed by atoms with Crippen molar-refractivity contribution in [3.8, 4) is 0 Å². The van der Waals surface area contributed by atoms with Crippen LogP contribution in [0.4, 0.5) is 5.69 Å². The molecule has 0 saturated carbocycles. The molecule has 0 saturated heterocycles. The summed E-state index contributed by atoms with van der Waals surface area (Å²) in [6, 6.07) is 6.16. The number of nitrogen functional groups attached to an aromatic ring is 1. The summed E-state index contributed by atoms with van der Waals surface area (Å²) in [5.41, 5.74) is 8.40. The fourth-order valence-corrected chi connectivity index (χ4v) is 2.54. The number of hydrogen-bond acceptors (Lipinski definition) is 4. The normalized spacial score (nSPS) is 18.5. The van der Waals surface area contributed by atoms with Crippen molar-refractivity contribution in [1.29, 1.82) is 0 Å². The molecule has 0 bridgehead atoms. The van der Waals surface area contributed by atoms with Gasteiger partial charge in [-0.15, -0.1) is 0 Å². The van der Waals surface area contributed by atoms with Crippen LogP contribution in [0.25, 0.3) is 0 Å². The van der Waals surface area contributed by atoms with Crippen LogP contribution in [-0.2, 0) is 16.0 Å². The van der Waals surface area contributed by atoms with Gasteiger partial charge >= 0.3 is 5.97 Å². The second kappa shape index (κ2) is 4.61. The van der Waals surface area contributed by atoms with Crippen molar-refractivity contribution >= 4 is 11.7 Å². The summed E-state index contributed by atoms with van der Waals surface area (Å²) < 4.78 is 4.81. The van der Waals surface area contributed by atoms with E-state index in [-0.39, 0.29) is 12.0 Å². The van der Waals surface area contributed by atoms with E-state index < -0.39 is 5.54 Å². The van der Waals surface area contributed by atoms with Gasteiger partial charge in [0.25, 0.3) is 0 Å². The summed E-state index contributed by atoms with van der Waals surface area (Å²) in [5, 5.41) is 3.37. The first-order valence-electron chi connectivity index (χ1n) is 6.18. The molecule has 0 fully saturated rings. The van der Waals surface area contributed by atoms with Crippen LogP contribution >= 0.6 is 0 Å². The van der Waals surface area contributed by atoms with Gasteiger partial charge in [-0.1, -0.05) is 6.07 Å². The van der Waals surface area contributed by atoms with Crippen molar-refractivity contribution in [2.75, 3.05) is 12.8 Å². The molecule has 1 aromatic rings. The summed E-state index contributed by atoms with van der Waals surface area (Å²) in [5.74, 6) is -0.244. The predicted molar refractivity (Wildman–Crippen MR) is 71.1 cm³/mol. The van der Waals surface area contributed by atoms with Crippen LogP contribution in [-0.4, -0.2) is 18.6 Å². The molecule has 0 aliphatic heterocycles. The number of nitrogens with two attached hydrogens (primary N) is 1. The van der Waals surface area contributed by atoms with Gasteiger partial charge in [0.2, 0.25) is 0 Å². The van der Waals surface area contributed by atoms with Crippen LogP contribution in [0.15, 0.2) is 18.2 Å². The van der Waals surface area contributed by atoms with E-state index in [9.17, 15) is 4.79 Å². The second-order valence-electron chi connectivity index (χ2n) is 5.31. The van der Waals surface area contributed by atoms with Crippen LogP contribution in [0.5, 0.6) is 0 Å². The molecule has 4 nitrogen and oxygen atoms in total. The molecule has 0 radical (unpaired) electrons. The zero-order chi connectivity index (χ0) is 13.3. The summed E-state index contributed by atoms with van der Waals surface area (Å²) in [6.45, 7) is 3.68. The number of benzene rings is 1. The molecule has 4 heteroatoms. The van der Waals surface area contributed by atoms with Crippen molar-refractivity contribution in [2.45, 2.75) is 38.3 Å². The number of ether oxygens (including phenoxy) is 1. The first kappa shape index (κ1) is 12.9.